The first-order valence-corrected chi connectivity index (χ1v) is 8.34. The largest absolute Gasteiger partial charge is 0.335 e. The average molecular weight is 292 g/mol. The number of rotatable bonds is 5. The van der Waals surface area contributed by atoms with Gasteiger partial charge in [-0.15, -0.1) is 0 Å². The number of nitrogens with one attached hydrogen (secondary N) is 1. The van der Waals surface area contributed by atoms with Crippen LogP contribution in [0.15, 0.2) is 40.6 Å². The molecule has 0 unspecified atom stereocenters. The molecular weight excluding hydrogens is 272 g/mol. The third-order valence-corrected chi connectivity index (χ3v) is 5.29. The normalized spacial score (nSPS) is 12.0. The highest BCUT2D eigenvalue weighted by Crippen LogP contribution is 2.32. The molecule has 0 spiro atoms. The van der Waals surface area contributed by atoms with Crippen molar-refractivity contribution < 1.29 is 8.42 Å². The van der Waals surface area contributed by atoms with Crippen molar-refractivity contribution in [1.82, 2.24) is 9.97 Å². The summed E-state index contributed by atoms with van der Waals surface area (Å²) in [6.07, 6.45) is 4.82. The Labute approximate surface area is 120 Å². The maximum Gasteiger partial charge on any atom is 0.240 e. The highest BCUT2D eigenvalue weighted by molar-refractivity contribution is 7.91. The highest BCUT2D eigenvalue weighted by atomic mass is 32.2. The summed E-state index contributed by atoms with van der Waals surface area (Å²) in [5.74, 6) is 0.245. The summed E-state index contributed by atoms with van der Waals surface area (Å²) in [5.41, 5.74) is 1.97. The first-order chi connectivity index (χ1) is 9.50. The lowest BCUT2D eigenvalue weighted by Gasteiger charge is -2.17. The zero-order valence-corrected chi connectivity index (χ0v) is 12.9. The van der Waals surface area contributed by atoms with Crippen molar-refractivity contribution in [2.45, 2.75) is 49.6 Å². The average Bonchev–Trinajstić information content (AvgIpc) is 2.94. The van der Waals surface area contributed by atoms with Crippen molar-refractivity contribution in [2.24, 2.45) is 0 Å². The Morgan fingerprint density at radius 3 is 2.50 bits per heavy atom. The summed E-state index contributed by atoms with van der Waals surface area (Å²) < 4.78 is 25.3. The fourth-order valence-corrected chi connectivity index (χ4v) is 3.88. The van der Waals surface area contributed by atoms with Crippen LogP contribution in [0.4, 0.5) is 0 Å². The van der Waals surface area contributed by atoms with Crippen LogP contribution in [0.3, 0.4) is 0 Å². The predicted molar refractivity (Wildman–Crippen MR) is 78.5 cm³/mol. The number of hydrogen-bond acceptors (Lipinski definition) is 3. The molecule has 2 rings (SSSR count). The van der Waals surface area contributed by atoms with E-state index in [0.717, 1.165) is 24.0 Å². The molecule has 1 aromatic heterocycles. The number of H-pyrrole nitrogens is 1. The van der Waals surface area contributed by atoms with E-state index in [1.54, 1.807) is 6.07 Å². The predicted octanol–water partition coefficient (Wildman–Crippen LogP) is 3.45. The van der Waals surface area contributed by atoms with Gasteiger partial charge in [-0.25, -0.2) is 13.4 Å². The number of sulfone groups is 1. The number of nitrogens with zero attached hydrogens (tertiary/aromatic N) is 1. The van der Waals surface area contributed by atoms with Crippen molar-refractivity contribution in [3.8, 4) is 0 Å². The minimum absolute atomic E-state index is 0.00793. The quantitative estimate of drug-likeness (QED) is 0.918. The molecule has 0 aliphatic heterocycles. The maximum absolute atomic E-state index is 12.7. The number of aryl methyl sites for hydroxylation is 1. The van der Waals surface area contributed by atoms with E-state index >= 15 is 0 Å². The van der Waals surface area contributed by atoms with Gasteiger partial charge in [-0.05, 0) is 37.3 Å². The molecule has 108 valence electrons. The smallest absolute Gasteiger partial charge is 0.240 e. The molecule has 0 saturated carbocycles. The van der Waals surface area contributed by atoms with E-state index in [1.807, 2.05) is 19.1 Å². The van der Waals surface area contributed by atoms with Crippen LogP contribution >= 0.6 is 0 Å². The van der Waals surface area contributed by atoms with Crippen LogP contribution in [-0.4, -0.2) is 18.4 Å². The van der Waals surface area contributed by atoms with Gasteiger partial charge in [0.15, 0.2) is 0 Å². The van der Waals surface area contributed by atoms with E-state index in [9.17, 15) is 8.42 Å². The topological polar surface area (TPSA) is 62.8 Å². The van der Waals surface area contributed by atoms with Crippen LogP contribution < -0.4 is 0 Å². The van der Waals surface area contributed by atoms with Gasteiger partial charge < -0.3 is 4.98 Å². The lowest BCUT2D eigenvalue weighted by atomic mass is 9.93. The Bertz CT molecular complexity index is 672. The molecule has 2 aromatic rings. The molecule has 0 aliphatic carbocycles. The molecule has 1 N–H and O–H groups in total. The molecule has 1 heterocycles. The summed E-state index contributed by atoms with van der Waals surface area (Å²) in [4.78, 5) is 6.96. The number of aromatic amines is 1. The lowest BCUT2D eigenvalue weighted by Crippen LogP contribution is -2.10. The van der Waals surface area contributed by atoms with Crippen LogP contribution in [0.1, 0.15) is 43.7 Å². The zero-order valence-electron chi connectivity index (χ0n) is 12.1. The van der Waals surface area contributed by atoms with Gasteiger partial charge in [-0.3, -0.25) is 0 Å². The fraction of sp³-hybridized carbons (Fsp3) is 0.400. The van der Waals surface area contributed by atoms with E-state index in [1.165, 1.54) is 12.4 Å². The third-order valence-electron chi connectivity index (χ3n) is 3.61. The van der Waals surface area contributed by atoms with Crippen LogP contribution in [0, 0.1) is 6.92 Å². The molecule has 20 heavy (non-hydrogen) atoms. The number of aromatic nitrogens is 2. The van der Waals surface area contributed by atoms with Gasteiger partial charge in [0.1, 0.15) is 0 Å². The van der Waals surface area contributed by atoms with Gasteiger partial charge in [0, 0.05) is 12.4 Å². The number of benzene rings is 1. The number of imidazole rings is 1. The Hall–Kier alpha value is -1.62. The Morgan fingerprint density at radius 1 is 1.25 bits per heavy atom. The Balaban J connectivity index is 2.63. The fourth-order valence-electron chi connectivity index (χ4n) is 2.46. The molecule has 4 nitrogen and oxygen atoms in total. The van der Waals surface area contributed by atoms with Gasteiger partial charge in [-0.2, -0.15) is 0 Å². The molecule has 0 radical (unpaired) electrons. The van der Waals surface area contributed by atoms with Crippen LogP contribution in [-0.2, 0) is 9.84 Å². The number of hydrogen-bond donors (Lipinski definition) is 1. The second-order valence-corrected chi connectivity index (χ2v) is 6.79. The summed E-state index contributed by atoms with van der Waals surface area (Å²) in [5, 5.41) is 0.00793. The molecule has 0 saturated heterocycles. The van der Waals surface area contributed by atoms with E-state index in [4.69, 9.17) is 0 Å². The van der Waals surface area contributed by atoms with E-state index in [2.05, 4.69) is 23.8 Å². The van der Waals surface area contributed by atoms with E-state index < -0.39 is 9.84 Å². The van der Waals surface area contributed by atoms with E-state index in [-0.39, 0.29) is 11.1 Å². The molecule has 0 atom stereocenters. The minimum Gasteiger partial charge on any atom is -0.335 e. The van der Waals surface area contributed by atoms with Crippen molar-refractivity contribution in [3.05, 3.63) is 41.7 Å². The summed E-state index contributed by atoms with van der Waals surface area (Å²) in [6.45, 7) is 6.15. The summed E-state index contributed by atoms with van der Waals surface area (Å²) >= 11 is 0. The second-order valence-electron chi connectivity index (χ2n) is 4.95. The van der Waals surface area contributed by atoms with Crippen LogP contribution in [0.25, 0.3) is 0 Å². The zero-order chi connectivity index (χ0) is 14.8. The van der Waals surface area contributed by atoms with Gasteiger partial charge in [-0.1, -0.05) is 31.5 Å². The summed E-state index contributed by atoms with van der Waals surface area (Å²) in [6, 6.07) is 5.51. The highest BCUT2D eigenvalue weighted by Gasteiger charge is 2.26. The second kappa shape index (κ2) is 5.79. The van der Waals surface area contributed by atoms with Crippen molar-refractivity contribution >= 4 is 9.84 Å². The van der Waals surface area contributed by atoms with Crippen LogP contribution in [0.2, 0.25) is 0 Å². The van der Waals surface area contributed by atoms with Crippen molar-refractivity contribution in [3.63, 3.8) is 0 Å². The van der Waals surface area contributed by atoms with E-state index in [0.29, 0.717) is 4.90 Å². The molecule has 0 aliphatic rings. The summed E-state index contributed by atoms with van der Waals surface area (Å²) in [7, 11) is -3.57. The van der Waals surface area contributed by atoms with Crippen LogP contribution in [0.5, 0.6) is 0 Å². The van der Waals surface area contributed by atoms with Gasteiger partial charge in [0.05, 0.1) is 4.90 Å². The minimum atomic E-state index is -3.57. The molecular formula is C15H20N2O2S. The lowest BCUT2D eigenvalue weighted by molar-refractivity contribution is 0.580. The first kappa shape index (κ1) is 14.8. The van der Waals surface area contributed by atoms with Crippen molar-refractivity contribution in [1.29, 1.82) is 0 Å². The molecule has 1 aromatic carbocycles. The monoisotopic (exact) mass is 292 g/mol. The maximum atomic E-state index is 12.7. The Morgan fingerprint density at radius 2 is 1.95 bits per heavy atom. The molecule has 0 fully saturated rings. The molecule has 0 bridgehead atoms. The van der Waals surface area contributed by atoms with Gasteiger partial charge in [0.2, 0.25) is 15.0 Å². The Kier molecular flexibility index (Phi) is 4.28. The van der Waals surface area contributed by atoms with Gasteiger partial charge in [0.25, 0.3) is 0 Å². The third kappa shape index (κ3) is 2.63. The molecule has 5 heteroatoms. The van der Waals surface area contributed by atoms with Gasteiger partial charge >= 0.3 is 0 Å². The van der Waals surface area contributed by atoms with Crippen molar-refractivity contribution in [2.75, 3.05) is 0 Å². The standard InChI is InChI=1S/C15H20N2O2S/c1-4-12(5-2)13-10-11(3)6-7-14(13)20(18,19)15-16-8-9-17-15/h6-10,12H,4-5H2,1-3H3,(H,16,17). The first-order valence-electron chi connectivity index (χ1n) is 6.85. The molecule has 0 amide bonds. The SMILES string of the molecule is CCC(CC)c1cc(C)ccc1S(=O)(=O)c1ncc[nH]1.